The zero-order chi connectivity index (χ0) is 12.4. The summed E-state index contributed by atoms with van der Waals surface area (Å²) < 4.78 is 22.7. The molecule has 0 aliphatic rings. The quantitative estimate of drug-likeness (QED) is 0.880. The fourth-order valence-electron chi connectivity index (χ4n) is 1.25. The van der Waals surface area contributed by atoms with Crippen molar-refractivity contribution in [2.45, 2.75) is 37.8 Å². The highest BCUT2D eigenvalue weighted by Crippen LogP contribution is 2.12. The van der Waals surface area contributed by atoms with E-state index >= 15 is 0 Å². The van der Waals surface area contributed by atoms with E-state index in [9.17, 15) is 8.42 Å². The van der Waals surface area contributed by atoms with Crippen molar-refractivity contribution in [3.8, 4) is 0 Å². The summed E-state index contributed by atoms with van der Waals surface area (Å²) in [6, 6.07) is 7.04. The largest absolute Gasteiger partial charge is 0.308 e. The standard InChI is InChI=1S/C12H19NO2S/c1-12(2,3)13-9-10-6-5-7-11(8-10)16(4,14)15/h5-8,13H,9H2,1-4H3. The highest BCUT2D eigenvalue weighted by Gasteiger charge is 2.10. The second kappa shape index (κ2) is 4.55. The molecule has 0 aliphatic carbocycles. The SMILES string of the molecule is CC(C)(C)NCc1cccc(S(C)(=O)=O)c1. The van der Waals surface area contributed by atoms with Crippen molar-refractivity contribution in [3.05, 3.63) is 29.8 Å². The lowest BCUT2D eigenvalue weighted by Crippen LogP contribution is -2.35. The molecule has 0 fully saturated rings. The lowest BCUT2D eigenvalue weighted by atomic mass is 10.1. The predicted molar refractivity (Wildman–Crippen MR) is 66.1 cm³/mol. The van der Waals surface area contributed by atoms with Gasteiger partial charge in [-0.25, -0.2) is 8.42 Å². The summed E-state index contributed by atoms with van der Waals surface area (Å²) in [7, 11) is -3.11. The topological polar surface area (TPSA) is 46.2 Å². The summed E-state index contributed by atoms with van der Waals surface area (Å²) in [6.45, 7) is 6.90. The van der Waals surface area contributed by atoms with Crippen LogP contribution in [-0.2, 0) is 16.4 Å². The van der Waals surface area contributed by atoms with Gasteiger partial charge in [0.2, 0.25) is 0 Å². The Balaban J connectivity index is 2.84. The Hall–Kier alpha value is -0.870. The van der Waals surface area contributed by atoms with Crippen molar-refractivity contribution in [2.75, 3.05) is 6.26 Å². The molecule has 1 aromatic rings. The molecular formula is C12H19NO2S. The summed E-state index contributed by atoms with van der Waals surface area (Å²) in [5.74, 6) is 0. The molecule has 0 saturated heterocycles. The molecule has 0 amide bonds. The molecule has 0 bridgehead atoms. The minimum Gasteiger partial charge on any atom is -0.308 e. The second-order valence-corrected chi connectivity index (χ2v) is 7.04. The summed E-state index contributed by atoms with van der Waals surface area (Å²) >= 11 is 0. The van der Waals surface area contributed by atoms with Gasteiger partial charge in [0.15, 0.2) is 9.84 Å². The van der Waals surface area contributed by atoms with E-state index in [0.29, 0.717) is 11.4 Å². The van der Waals surface area contributed by atoms with Crippen LogP contribution >= 0.6 is 0 Å². The average Bonchev–Trinajstić information content (AvgIpc) is 2.13. The third-order valence-corrected chi connectivity index (χ3v) is 3.26. The first-order chi connectivity index (χ1) is 7.18. The Morgan fingerprint density at radius 3 is 2.38 bits per heavy atom. The van der Waals surface area contributed by atoms with Gasteiger partial charge < -0.3 is 5.32 Å². The van der Waals surface area contributed by atoms with Gasteiger partial charge in [-0.2, -0.15) is 0 Å². The maximum absolute atomic E-state index is 11.4. The normalized spacial score (nSPS) is 12.8. The number of hydrogen-bond donors (Lipinski definition) is 1. The average molecular weight is 241 g/mol. The molecule has 16 heavy (non-hydrogen) atoms. The second-order valence-electron chi connectivity index (χ2n) is 5.02. The molecular weight excluding hydrogens is 222 g/mol. The van der Waals surface area contributed by atoms with Crippen molar-refractivity contribution in [2.24, 2.45) is 0 Å². The number of sulfone groups is 1. The number of hydrogen-bond acceptors (Lipinski definition) is 3. The molecule has 90 valence electrons. The van der Waals surface area contributed by atoms with Crippen LogP contribution in [0.5, 0.6) is 0 Å². The first-order valence-electron chi connectivity index (χ1n) is 5.22. The summed E-state index contributed by atoms with van der Waals surface area (Å²) in [4.78, 5) is 0.376. The summed E-state index contributed by atoms with van der Waals surface area (Å²) in [5.41, 5.74) is 1.01. The maximum Gasteiger partial charge on any atom is 0.175 e. The molecule has 0 saturated carbocycles. The van der Waals surface area contributed by atoms with Gasteiger partial charge >= 0.3 is 0 Å². The van der Waals surface area contributed by atoms with Crippen LogP contribution < -0.4 is 5.32 Å². The first kappa shape index (κ1) is 13.2. The van der Waals surface area contributed by atoms with E-state index in [4.69, 9.17) is 0 Å². The van der Waals surface area contributed by atoms with E-state index in [2.05, 4.69) is 26.1 Å². The van der Waals surface area contributed by atoms with E-state index in [1.807, 2.05) is 6.07 Å². The smallest absolute Gasteiger partial charge is 0.175 e. The molecule has 0 aromatic heterocycles. The van der Waals surface area contributed by atoms with Gasteiger partial charge in [0.25, 0.3) is 0 Å². The van der Waals surface area contributed by atoms with Crippen LogP contribution in [0.1, 0.15) is 26.3 Å². The molecule has 0 spiro atoms. The molecule has 4 heteroatoms. The van der Waals surface area contributed by atoms with Gasteiger partial charge in [-0.15, -0.1) is 0 Å². The minimum absolute atomic E-state index is 0.0289. The van der Waals surface area contributed by atoms with Gasteiger partial charge in [0, 0.05) is 18.3 Å². The lowest BCUT2D eigenvalue weighted by molar-refractivity contribution is 0.424. The zero-order valence-electron chi connectivity index (χ0n) is 10.2. The van der Waals surface area contributed by atoms with E-state index in [-0.39, 0.29) is 5.54 Å². The molecule has 0 radical (unpaired) electrons. The van der Waals surface area contributed by atoms with Crippen LogP contribution in [0, 0.1) is 0 Å². The summed E-state index contributed by atoms with van der Waals surface area (Å²) in [6.07, 6.45) is 1.23. The Labute approximate surface area is 97.8 Å². The van der Waals surface area contributed by atoms with Gasteiger partial charge in [-0.1, -0.05) is 12.1 Å². The van der Waals surface area contributed by atoms with Crippen LogP contribution in [0.2, 0.25) is 0 Å². The highest BCUT2D eigenvalue weighted by molar-refractivity contribution is 7.90. The van der Waals surface area contributed by atoms with Gasteiger partial charge in [-0.3, -0.25) is 0 Å². The van der Waals surface area contributed by atoms with Crippen LogP contribution in [0.15, 0.2) is 29.2 Å². The van der Waals surface area contributed by atoms with Crippen molar-refractivity contribution >= 4 is 9.84 Å². The monoisotopic (exact) mass is 241 g/mol. The van der Waals surface area contributed by atoms with E-state index in [1.165, 1.54) is 6.26 Å². The molecule has 1 aromatic carbocycles. The molecule has 1 rings (SSSR count). The van der Waals surface area contributed by atoms with Gasteiger partial charge in [-0.05, 0) is 38.5 Å². The summed E-state index contributed by atoms with van der Waals surface area (Å²) in [5, 5.41) is 3.32. The van der Waals surface area contributed by atoms with Crippen LogP contribution in [0.4, 0.5) is 0 Å². The third-order valence-electron chi connectivity index (χ3n) is 2.15. The first-order valence-corrected chi connectivity index (χ1v) is 7.12. The Bertz CT molecular complexity index is 458. The van der Waals surface area contributed by atoms with Gasteiger partial charge in [0.05, 0.1) is 4.90 Å². The van der Waals surface area contributed by atoms with Crippen LogP contribution in [0.25, 0.3) is 0 Å². The van der Waals surface area contributed by atoms with Crippen molar-refractivity contribution in [1.29, 1.82) is 0 Å². The van der Waals surface area contributed by atoms with E-state index in [0.717, 1.165) is 5.56 Å². The fraction of sp³-hybridized carbons (Fsp3) is 0.500. The molecule has 0 unspecified atom stereocenters. The van der Waals surface area contributed by atoms with Crippen molar-refractivity contribution < 1.29 is 8.42 Å². The molecule has 0 atom stereocenters. The van der Waals surface area contributed by atoms with Crippen LogP contribution in [0.3, 0.4) is 0 Å². The van der Waals surface area contributed by atoms with Crippen LogP contribution in [-0.4, -0.2) is 20.2 Å². The fourth-order valence-corrected chi connectivity index (χ4v) is 1.94. The van der Waals surface area contributed by atoms with E-state index in [1.54, 1.807) is 18.2 Å². The molecule has 0 aliphatic heterocycles. The number of rotatable bonds is 3. The third kappa shape index (κ3) is 4.33. The lowest BCUT2D eigenvalue weighted by Gasteiger charge is -2.20. The van der Waals surface area contributed by atoms with Crippen molar-refractivity contribution in [3.63, 3.8) is 0 Å². The highest BCUT2D eigenvalue weighted by atomic mass is 32.2. The zero-order valence-corrected chi connectivity index (χ0v) is 11.1. The Kier molecular flexibility index (Phi) is 3.76. The molecule has 3 nitrogen and oxygen atoms in total. The predicted octanol–water partition coefficient (Wildman–Crippen LogP) is 1.98. The molecule has 1 N–H and O–H groups in total. The van der Waals surface area contributed by atoms with Gasteiger partial charge in [0.1, 0.15) is 0 Å². The Morgan fingerprint density at radius 2 is 1.88 bits per heavy atom. The number of nitrogens with one attached hydrogen (secondary N) is 1. The maximum atomic E-state index is 11.4. The number of benzene rings is 1. The van der Waals surface area contributed by atoms with E-state index < -0.39 is 9.84 Å². The van der Waals surface area contributed by atoms with Crippen molar-refractivity contribution in [1.82, 2.24) is 5.32 Å². The molecule has 0 heterocycles. The Morgan fingerprint density at radius 1 is 1.25 bits per heavy atom. The minimum atomic E-state index is -3.11.